The molecule has 0 saturated carbocycles. The van der Waals surface area contributed by atoms with Crippen molar-refractivity contribution in [3.8, 4) is 0 Å². The van der Waals surface area contributed by atoms with E-state index in [4.69, 9.17) is 0 Å². The Labute approximate surface area is 160 Å². The molecular weight excluding hydrogens is 352 g/mol. The first kappa shape index (κ1) is 19.7. The van der Waals surface area contributed by atoms with E-state index in [9.17, 15) is 4.79 Å². The van der Waals surface area contributed by atoms with Crippen LogP contribution in [0.15, 0.2) is 48.5 Å². The molecule has 0 aliphatic carbocycles. The van der Waals surface area contributed by atoms with Crippen molar-refractivity contribution < 1.29 is 4.79 Å². The summed E-state index contributed by atoms with van der Waals surface area (Å²) in [6.07, 6.45) is 6.52. The molecule has 3 nitrogen and oxygen atoms in total. The predicted molar refractivity (Wildman–Crippen MR) is 109 cm³/mol. The molecule has 1 aromatic heterocycles. The van der Waals surface area contributed by atoms with Gasteiger partial charge in [0.1, 0.15) is 0 Å². The molecule has 1 fully saturated rings. The monoisotopic (exact) mass is 376 g/mol. The molecule has 1 atom stereocenters. The fourth-order valence-corrected chi connectivity index (χ4v) is 4.06. The fraction of sp³-hybridized carbons (Fsp3) is 0.350. The summed E-state index contributed by atoms with van der Waals surface area (Å²) in [7, 11) is 0. The quantitative estimate of drug-likeness (QED) is 0.787. The molecule has 1 aromatic carbocycles. The van der Waals surface area contributed by atoms with Crippen LogP contribution in [0.1, 0.15) is 45.9 Å². The van der Waals surface area contributed by atoms with E-state index >= 15 is 0 Å². The molecule has 0 bridgehead atoms. The highest BCUT2D eigenvalue weighted by Crippen LogP contribution is 2.29. The molecule has 1 saturated heterocycles. The number of benzene rings is 1. The van der Waals surface area contributed by atoms with Crippen LogP contribution < -0.4 is 5.32 Å². The molecule has 1 N–H and O–H groups in total. The van der Waals surface area contributed by atoms with Gasteiger partial charge in [0.05, 0.1) is 4.88 Å². The number of hydrogen-bond acceptors (Lipinski definition) is 3. The van der Waals surface area contributed by atoms with Gasteiger partial charge in [0.15, 0.2) is 0 Å². The number of likely N-dealkylation sites (N-methyl/N-ethyl adjacent to an activating group) is 1. The topological polar surface area (TPSA) is 32.3 Å². The Balaban J connectivity index is 0.00000225. The number of nitrogens with one attached hydrogen (secondary N) is 1. The van der Waals surface area contributed by atoms with Crippen molar-refractivity contribution in [1.29, 1.82) is 0 Å². The third kappa shape index (κ3) is 5.18. The largest absolute Gasteiger partial charge is 0.334 e. The van der Waals surface area contributed by atoms with E-state index in [0.29, 0.717) is 19.1 Å². The SMILES string of the molecule is CCN(CC=Cc1ccccc1)C(=O)c1ccc(C2CCCN2)s1.Cl. The second kappa shape index (κ2) is 9.76. The molecule has 134 valence electrons. The molecule has 5 heteroatoms. The molecule has 2 aromatic rings. The zero-order valence-corrected chi connectivity index (χ0v) is 16.1. The van der Waals surface area contributed by atoms with Crippen molar-refractivity contribution in [2.24, 2.45) is 0 Å². The smallest absolute Gasteiger partial charge is 0.264 e. The zero-order chi connectivity index (χ0) is 16.8. The lowest BCUT2D eigenvalue weighted by Crippen LogP contribution is -2.30. The van der Waals surface area contributed by atoms with Crippen LogP contribution in [0, 0.1) is 0 Å². The molecule has 1 aliphatic heterocycles. The first-order chi connectivity index (χ1) is 11.8. The van der Waals surface area contributed by atoms with Gasteiger partial charge in [0.25, 0.3) is 5.91 Å². The Bertz CT molecular complexity index is 693. The lowest BCUT2D eigenvalue weighted by molar-refractivity contribution is 0.0787. The summed E-state index contributed by atoms with van der Waals surface area (Å²) in [5.41, 5.74) is 1.16. The highest BCUT2D eigenvalue weighted by molar-refractivity contribution is 7.14. The Morgan fingerprint density at radius 2 is 2.08 bits per heavy atom. The van der Waals surface area contributed by atoms with Crippen LogP contribution in [0.4, 0.5) is 0 Å². The number of halogens is 1. The predicted octanol–water partition coefficient (Wildman–Crippen LogP) is 4.77. The number of hydrogen-bond donors (Lipinski definition) is 1. The number of amides is 1. The van der Waals surface area contributed by atoms with Crippen LogP contribution in [0.5, 0.6) is 0 Å². The van der Waals surface area contributed by atoms with Crippen molar-refractivity contribution in [1.82, 2.24) is 10.2 Å². The van der Waals surface area contributed by atoms with Gasteiger partial charge in [-0.25, -0.2) is 0 Å². The van der Waals surface area contributed by atoms with E-state index in [1.807, 2.05) is 36.1 Å². The van der Waals surface area contributed by atoms with Crippen LogP contribution in [0.2, 0.25) is 0 Å². The van der Waals surface area contributed by atoms with Gasteiger partial charge in [-0.2, -0.15) is 0 Å². The summed E-state index contributed by atoms with van der Waals surface area (Å²) in [4.78, 5) is 16.7. The van der Waals surface area contributed by atoms with Crippen molar-refractivity contribution in [3.05, 3.63) is 63.9 Å². The van der Waals surface area contributed by atoms with Gasteiger partial charge >= 0.3 is 0 Å². The van der Waals surface area contributed by atoms with Crippen molar-refractivity contribution in [2.45, 2.75) is 25.8 Å². The first-order valence-electron chi connectivity index (χ1n) is 8.62. The minimum absolute atomic E-state index is 0. The molecule has 2 heterocycles. The third-order valence-electron chi connectivity index (χ3n) is 4.35. The summed E-state index contributed by atoms with van der Waals surface area (Å²) in [5.74, 6) is 0.129. The number of thiophene rings is 1. The van der Waals surface area contributed by atoms with Crippen molar-refractivity contribution in [2.75, 3.05) is 19.6 Å². The molecular formula is C20H25ClN2OS. The fourth-order valence-electron chi connectivity index (χ4n) is 2.97. The van der Waals surface area contributed by atoms with E-state index in [-0.39, 0.29) is 18.3 Å². The van der Waals surface area contributed by atoms with Gasteiger partial charge in [0, 0.05) is 24.0 Å². The van der Waals surface area contributed by atoms with Gasteiger partial charge in [-0.3, -0.25) is 4.79 Å². The molecule has 0 spiro atoms. The molecule has 25 heavy (non-hydrogen) atoms. The molecule has 1 unspecified atom stereocenters. The van der Waals surface area contributed by atoms with Gasteiger partial charge in [-0.05, 0) is 44.0 Å². The van der Waals surface area contributed by atoms with Crippen LogP contribution in [-0.2, 0) is 0 Å². The minimum atomic E-state index is 0. The third-order valence-corrected chi connectivity index (χ3v) is 5.53. The van der Waals surface area contributed by atoms with Crippen LogP contribution in [-0.4, -0.2) is 30.4 Å². The van der Waals surface area contributed by atoms with E-state index in [1.165, 1.54) is 17.7 Å². The van der Waals surface area contributed by atoms with Crippen molar-refractivity contribution >= 4 is 35.7 Å². The van der Waals surface area contributed by atoms with Crippen LogP contribution in [0.3, 0.4) is 0 Å². The first-order valence-corrected chi connectivity index (χ1v) is 9.43. The highest BCUT2D eigenvalue weighted by atomic mass is 35.5. The number of rotatable bonds is 6. The van der Waals surface area contributed by atoms with Gasteiger partial charge in [-0.1, -0.05) is 42.5 Å². The number of nitrogens with zero attached hydrogens (tertiary/aromatic N) is 1. The van der Waals surface area contributed by atoms with Gasteiger partial charge in [-0.15, -0.1) is 23.7 Å². The molecule has 3 rings (SSSR count). The van der Waals surface area contributed by atoms with Crippen LogP contribution in [0.25, 0.3) is 6.08 Å². The molecule has 1 aliphatic rings. The summed E-state index contributed by atoms with van der Waals surface area (Å²) in [6.45, 7) is 4.46. The van der Waals surface area contributed by atoms with Crippen LogP contribution >= 0.6 is 23.7 Å². The van der Waals surface area contributed by atoms with E-state index < -0.39 is 0 Å². The Kier molecular flexibility index (Phi) is 7.69. The number of carbonyl (C=O) groups excluding carboxylic acids is 1. The second-order valence-electron chi connectivity index (χ2n) is 6.01. The summed E-state index contributed by atoms with van der Waals surface area (Å²) >= 11 is 1.63. The summed E-state index contributed by atoms with van der Waals surface area (Å²) in [5, 5.41) is 3.50. The average Bonchev–Trinajstić information content (AvgIpc) is 3.30. The Morgan fingerprint density at radius 1 is 1.28 bits per heavy atom. The second-order valence-corrected chi connectivity index (χ2v) is 7.12. The lowest BCUT2D eigenvalue weighted by atomic mass is 10.2. The standard InChI is InChI=1S/C20H24N2OS.ClH/c1-2-22(15-7-10-16-8-4-3-5-9-16)20(23)19-13-12-18(24-19)17-11-6-14-21-17;/h3-5,7-10,12-13,17,21H,2,6,11,14-15H2,1H3;1H. The minimum Gasteiger partial charge on any atom is -0.334 e. The molecule has 1 amide bonds. The Hall–Kier alpha value is -1.62. The van der Waals surface area contributed by atoms with Crippen molar-refractivity contribution in [3.63, 3.8) is 0 Å². The van der Waals surface area contributed by atoms with E-state index in [1.54, 1.807) is 11.3 Å². The highest BCUT2D eigenvalue weighted by Gasteiger charge is 2.21. The van der Waals surface area contributed by atoms with Gasteiger partial charge < -0.3 is 10.2 Å². The summed E-state index contributed by atoms with van der Waals surface area (Å²) < 4.78 is 0. The lowest BCUT2D eigenvalue weighted by Gasteiger charge is -2.18. The maximum Gasteiger partial charge on any atom is 0.264 e. The zero-order valence-electron chi connectivity index (χ0n) is 14.5. The molecule has 0 radical (unpaired) electrons. The summed E-state index contributed by atoms with van der Waals surface area (Å²) in [6, 6.07) is 14.7. The maximum absolute atomic E-state index is 12.7. The normalized spacial score (nSPS) is 16.8. The number of carbonyl (C=O) groups is 1. The average molecular weight is 377 g/mol. The van der Waals surface area contributed by atoms with E-state index in [0.717, 1.165) is 17.0 Å². The van der Waals surface area contributed by atoms with Gasteiger partial charge in [0.2, 0.25) is 0 Å². The van der Waals surface area contributed by atoms with E-state index in [2.05, 4.69) is 35.7 Å². The Morgan fingerprint density at radius 3 is 2.76 bits per heavy atom. The maximum atomic E-state index is 12.7.